The second-order valence-electron chi connectivity index (χ2n) is 8.85. The van der Waals surface area contributed by atoms with Gasteiger partial charge < -0.3 is 4.57 Å². The average molecular weight is 516 g/mol. The zero-order valence-corrected chi connectivity index (χ0v) is 21.3. The molecule has 0 atom stereocenters. The van der Waals surface area contributed by atoms with Gasteiger partial charge in [0, 0.05) is 32.9 Å². The summed E-state index contributed by atoms with van der Waals surface area (Å²) in [6, 6.07) is 6.93. The summed E-state index contributed by atoms with van der Waals surface area (Å²) in [5.41, 5.74) is 2.86. The molecule has 1 aliphatic rings. The van der Waals surface area contributed by atoms with Crippen LogP contribution in [0, 0.1) is 20.8 Å². The van der Waals surface area contributed by atoms with Crippen molar-refractivity contribution in [3.8, 4) is 5.69 Å². The Bertz CT molecular complexity index is 1450. The highest BCUT2D eigenvalue weighted by Crippen LogP contribution is 2.40. The predicted octanol–water partition coefficient (Wildman–Crippen LogP) is 7.28. The zero-order chi connectivity index (χ0) is 24.9. The number of hydrogen-bond acceptors (Lipinski definition) is 5. The van der Waals surface area contributed by atoms with Crippen molar-refractivity contribution in [2.75, 3.05) is 5.75 Å². The van der Waals surface area contributed by atoms with Gasteiger partial charge in [0.1, 0.15) is 15.7 Å². The zero-order valence-electron chi connectivity index (χ0n) is 19.6. The van der Waals surface area contributed by atoms with Gasteiger partial charge in [-0.15, -0.1) is 11.3 Å². The molecule has 3 aromatic heterocycles. The molecule has 0 bridgehead atoms. The number of Topliss-reactive ketones (excluding diaryl/α,β-unsaturated/α-hetero) is 1. The van der Waals surface area contributed by atoms with Crippen LogP contribution >= 0.6 is 23.1 Å². The molecule has 0 N–H and O–H groups in total. The summed E-state index contributed by atoms with van der Waals surface area (Å²) in [7, 11) is 0. The van der Waals surface area contributed by atoms with Crippen LogP contribution < -0.4 is 0 Å². The summed E-state index contributed by atoms with van der Waals surface area (Å²) < 4.78 is 41.4. The van der Waals surface area contributed by atoms with Gasteiger partial charge in [0.15, 0.2) is 5.78 Å². The van der Waals surface area contributed by atoms with Gasteiger partial charge in [-0.1, -0.05) is 17.8 Å². The van der Waals surface area contributed by atoms with E-state index in [1.165, 1.54) is 34.7 Å². The summed E-state index contributed by atoms with van der Waals surface area (Å²) >= 11 is 3.15. The van der Waals surface area contributed by atoms with Crippen molar-refractivity contribution in [2.45, 2.75) is 57.7 Å². The molecule has 0 saturated heterocycles. The minimum Gasteiger partial charge on any atom is -0.318 e. The Balaban J connectivity index is 1.43. The van der Waals surface area contributed by atoms with E-state index < -0.39 is 11.7 Å². The molecule has 0 spiro atoms. The highest BCUT2D eigenvalue weighted by Gasteiger charge is 2.31. The first-order valence-corrected chi connectivity index (χ1v) is 13.2. The molecule has 0 fully saturated rings. The normalized spacial score (nSPS) is 13.9. The van der Waals surface area contributed by atoms with E-state index in [2.05, 4.69) is 9.97 Å². The highest BCUT2D eigenvalue weighted by molar-refractivity contribution is 8.00. The summed E-state index contributed by atoms with van der Waals surface area (Å²) in [4.78, 5) is 24.9. The summed E-state index contributed by atoms with van der Waals surface area (Å²) in [6.45, 7) is 5.44. The van der Waals surface area contributed by atoms with E-state index in [-0.39, 0.29) is 11.5 Å². The first kappa shape index (κ1) is 24.1. The Morgan fingerprint density at radius 1 is 1.11 bits per heavy atom. The Morgan fingerprint density at radius 2 is 1.89 bits per heavy atom. The maximum absolute atomic E-state index is 13.3. The monoisotopic (exact) mass is 515 g/mol. The number of rotatable bonds is 5. The Morgan fingerprint density at radius 3 is 2.66 bits per heavy atom. The van der Waals surface area contributed by atoms with E-state index in [4.69, 9.17) is 0 Å². The number of aryl methyl sites for hydroxylation is 4. The van der Waals surface area contributed by atoms with Crippen LogP contribution in [0.5, 0.6) is 0 Å². The number of thioether (sulfide) groups is 1. The summed E-state index contributed by atoms with van der Waals surface area (Å²) in [6.07, 6.45) is -0.00451. The Labute approximate surface area is 209 Å². The maximum atomic E-state index is 13.3. The van der Waals surface area contributed by atoms with Crippen molar-refractivity contribution in [3.63, 3.8) is 0 Å². The van der Waals surface area contributed by atoms with Crippen LogP contribution in [0.2, 0.25) is 0 Å². The molecule has 1 aliphatic carbocycles. The number of thiophene rings is 1. The fourth-order valence-corrected chi connectivity index (χ4v) is 7.16. The third kappa shape index (κ3) is 4.51. The topological polar surface area (TPSA) is 47.8 Å². The average Bonchev–Trinajstić information content (AvgIpc) is 3.33. The van der Waals surface area contributed by atoms with Crippen LogP contribution in [-0.4, -0.2) is 26.1 Å². The number of halogens is 3. The molecule has 35 heavy (non-hydrogen) atoms. The lowest BCUT2D eigenvalue weighted by Crippen LogP contribution is -2.08. The number of carbonyl (C=O) groups is 1. The lowest BCUT2D eigenvalue weighted by molar-refractivity contribution is -0.137. The van der Waals surface area contributed by atoms with E-state index in [0.717, 1.165) is 46.6 Å². The molecule has 9 heteroatoms. The van der Waals surface area contributed by atoms with Gasteiger partial charge in [0.2, 0.25) is 0 Å². The molecule has 5 rings (SSSR count). The quantitative estimate of drug-likeness (QED) is 0.159. The van der Waals surface area contributed by atoms with Crippen molar-refractivity contribution < 1.29 is 18.0 Å². The molecule has 0 saturated carbocycles. The number of carbonyl (C=O) groups excluding carboxylic acids is 1. The Hall–Kier alpha value is -2.65. The minimum absolute atomic E-state index is 0.0742. The van der Waals surface area contributed by atoms with Gasteiger partial charge >= 0.3 is 6.18 Å². The molecule has 3 heterocycles. The van der Waals surface area contributed by atoms with Crippen LogP contribution in [0.15, 0.2) is 35.4 Å². The molecule has 1 aromatic carbocycles. The van der Waals surface area contributed by atoms with Gasteiger partial charge in [-0.25, -0.2) is 9.97 Å². The van der Waals surface area contributed by atoms with E-state index in [1.54, 1.807) is 41.9 Å². The minimum atomic E-state index is -4.43. The van der Waals surface area contributed by atoms with Gasteiger partial charge in [0.25, 0.3) is 0 Å². The fourth-order valence-electron chi connectivity index (χ4n) is 4.81. The van der Waals surface area contributed by atoms with Gasteiger partial charge in [0.05, 0.1) is 11.3 Å². The number of fused-ring (bicyclic) bond motifs is 3. The number of benzene rings is 1. The molecular weight excluding hydrogens is 491 g/mol. The summed E-state index contributed by atoms with van der Waals surface area (Å²) in [5.74, 6) is 0.812. The molecule has 0 aliphatic heterocycles. The lowest BCUT2D eigenvalue weighted by Gasteiger charge is -2.13. The number of nitrogens with zero attached hydrogens (tertiary/aromatic N) is 3. The van der Waals surface area contributed by atoms with Crippen molar-refractivity contribution in [3.05, 3.63) is 69.1 Å². The first-order valence-electron chi connectivity index (χ1n) is 11.4. The van der Waals surface area contributed by atoms with Crippen molar-refractivity contribution in [1.82, 2.24) is 14.5 Å². The second-order valence-corrected chi connectivity index (χ2v) is 10.9. The van der Waals surface area contributed by atoms with E-state index in [0.29, 0.717) is 28.5 Å². The van der Waals surface area contributed by atoms with Crippen LogP contribution in [0.25, 0.3) is 15.9 Å². The van der Waals surface area contributed by atoms with Crippen molar-refractivity contribution in [1.29, 1.82) is 0 Å². The predicted molar refractivity (Wildman–Crippen MR) is 134 cm³/mol. The largest absolute Gasteiger partial charge is 0.416 e. The molecular formula is C26H24F3N3OS2. The lowest BCUT2D eigenvalue weighted by atomic mass is 9.97. The van der Waals surface area contributed by atoms with Crippen LogP contribution in [0.3, 0.4) is 0 Å². The van der Waals surface area contributed by atoms with Gasteiger partial charge in [-0.05, 0) is 76.3 Å². The third-order valence-electron chi connectivity index (χ3n) is 6.40. The van der Waals surface area contributed by atoms with Crippen LogP contribution in [-0.2, 0) is 19.0 Å². The van der Waals surface area contributed by atoms with E-state index in [9.17, 15) is 18.0 Å². The van der Waals surface area contributed by atoms with Crippen LogP contribution in [0.1, 0.15) is 56.4 Å². The molecule has 4 nitrogen and oxygen atoms in total. The standard InChI is InChI=1S/C26H24F3N3OS2/c1-14-11-20(15(2)32(14)18-8-6-7-17(12-18)26(27,28)29)21(33)13-34-24-23-19-9-4-5-10-22(19)35-25(23)31-16(3)30-24/h6-8,11-12H,4-5,9-10,13H2,1-3H3. The molecule has 0 radical (unpaired) electrons. The molecule has 0 amide bonds. The van der Waals surface area contributed by atoms with Crippen LogP contribution in [0.4, 0.5) is 13.2 Å². The van der Waals surface area contributed by atoms with Gasteiger partial charge in [-0.3, -0.25) is 4.79 Å². The Kier molecular flexibility index (Phi) is 6.25. The number of alkyl halides is 3. The first-order chi connectivity index (χ1) is 16.6. The maximum Gasteiger partial charge on any atom is 0.416 e. The number of ketones is 1. The molecule has 0 unspecified atom stereocenters. The second kappa shape index (κ2) is 9.09. The SMILES string of the molecule is Cc1nc(SCC(=O)c2cc(C)n(-c3cccc(C(F)(F)F)c3)c2C)c2c3c(sc2n1)CCCC3. The van der Waals surface area contributed by atoms with E-state index >= 15 is 0 Å². The molecule has 182 valence electrons. The van der Waals surface area contributed by atoms with E-state index in [1.807, 2.05) is 6.92 Å². The van der Waals surface area contributed by atoms with Gasteiger partial charge in [-0.2, -0.15) is 13.2 Å². The smallest absolute Gasteiger partial charge is 0.318 e. The number of aromatic nitrogens is 3. The highest BCUT2D eigenvalue weighted by atomic mass is 32.2. The van der Waals surface area contributed by atoms with Crippen molar-refractivity contribution >= 4 is 39.1 Å². The number of hydrogen-bond donors (Lipinski definition) is 0. The fraction of sp³-hybridized carbons (Fsp3) is 0.346. The molecule has 4 aromatic rings. The summed E-state index contributed by atoms with van der Waals surface area (Å²) in [5, 5.41) is 1.93. The van der Waals surface area contributed by atoms with Crippen molar-refractivity contribution in [2.24, 2.45) is 0 Å². The third-order valence-corrected chi connectivity index (χ3v) is 8.56.